The highest BCUT2D eigenvalue weighted by Gasteiger charge is 1.96. The molecule has 10 heavy (non-hydrogen) atoms. The van der Waals surface area contributed by atoms with Crippen LogP contribution < -0.4 is 0 Å². The van der Waals surface area contributed by atoms with Gasteiger partial charge in [-0.15, -0.1) is 13.2 Å². The molecule has 0 rings (SSSR count). The fraction of sp³-hybridized carbons (Fsp3) is 0.500. The van der Waals surface area contributed by atoms with Crippen LogP contribution in [0.15, 0.2) is 25.3 Å². The van der Waals surface area contributed by atoms with Crippen LogP contribution in [-0.2, 0) is 0 Å². The molecule has 0 aromatic carbocycles. The van der Waals surface area contributed by atoms with E-state index in [4.69, 9.17) is 0 Å². The summed E-state index contributed by atoms with van der Waals surface area (Å²) in [6.45, 7) is 9.61. The summed E-state index contributed by atoms with van der Waals surface area (Å²) in [6, 6.07) is 0. The van der Waals surface area contributed by atoms with Crippen LogP contribution in [0, 0.1) is 5.92 Å². The van der Waals surface area contributed by atoms with Crippen molar-refractivity contribution in [2.45, 2.75) is 32.6 Å². The SMILES string of the molecule is C=C[C](C=C)CCCCC. The minimum atomic E-state index is 1.14. The molecule has 0 bridgehead atoms. The average molecular weight is 137 g/mol. The van der Waals surface area contributed by atoms with Crippen LogP contribution in [0.25, 0.3) is 0 Å². The molecule has 0 atom stereocenters. The molecule has 0 fully saturated rings. The Kier molecular flexibility index (Phi) is 6.25. The Morgan fingerprint density at radius 1 is 1.20 bits per heavy atom. The lowest BCUT2D eigenvalue weighted by molar-refractivity contribution is 0.701. The van der Waals surface area contributed by atoms with E-state index in [0.717, 1.165) is 6.42 Å². The molecule has 0 N–H and O–H groups in total. The molecule has 0 nitrogen and oxygen atoms in total. The molecule has 0 saturated heterocycles. The van der Waals surface area contributed by atoms with Gasteiger partial charge in [-0.1, -0.05) is 38.3 Å². The first-order valence-corrected chi connectivity index (χ1v) is 3.95. The van der Waals surface area contributed by atoms with Crippen LogP contribution in [-0.4, -0.2) is 0 Å². The summed E-state index contributed by atoms with van der Waals surface area (Å²) < 4.78 is 0. The first-order chi connectivity index (χ1) is 4.85. The molecule has 0 aliphatic carbocycles. The summed E-state index contributed by atoms with van der Waals surface area (Å²) in [5.74, 6) is 1.27. The lowest BCUT2D eigenvalue weighted by Gasteiger charge is -2.03. The average Bonchev–Trinajstić information content (AvgIpc) is 1.99. The van der Waals surface area contributed by atoms with E-state index in [1.54, 1.807) is 0 Å². The molecule has 0 aromatic heterocycles. The van der Waals surface area contributed by atoms with Crippen molar-refractivity contribution in [3.63, 3.8) is 0 Å². The number of allylic oxidation sites excluding steroid dienone is 2. The summed E-state index contributed by atoms with van der Waals surface area (Å²) in [5.41, 5.74) is 0. The monoisotopic (exact) mass is 137 g/mol. The third kappa shape index (κ3) is 4.37. The topological polar surface area (TPSA) is 0 Å². The fourth-order valence-corrected chi connectivity index (χ4v) is 0.867. The van der Waals surface area contributed by atoms with Gasteiger partial charge >= 0.3 is 0 Å². The van der Waals surface area contributed by atoms with Gasteiger partial charge in [-0.2, -0.15) is 0 Å². The summed E-state index contributed by atoms with van der Waals surface area (Å²) in [7, 11) is 0. The van der Waals surface area contributed by atoms with Crippen LogP contribution in [0.4, 0.5) is 0 Å². The Morgan fingerprint density at radius 3 is 2.20 bits per heavy atom. The third-order valence-corrected chi connectivity index (χ3v) is 1.59. The van der Waals surface area contributed by atoms with Gasteiger partial charge in [-0.3, -0.25) is 0 Å². The maximum absolute atomic E-state index is 3.70. The van der Waals surface area contributed by atoms with Crippen molar-refractivity contribution in [2.75, 3.05) is 0 Å². The Labute approximate surface area is 64.6 Å². The first kappa shape index (κ1) is 9.48. The van der Waals surface area contributed by atoms with Gasteiger partial charge in [0.25, 0.3) is 0 Å². The molecule has 0 heterocycles. The van der Waals surface area contributed by atoms with Gasteiger partial charge in [-0.05, 0) is 6.42 Å². The van der Waals surface area contributed by atoms with E-state index in [2.05, 4.69) is 20.1 Å². The second kappa shape index (κ2) is 6.60. The van der Waals surface area contributed by atoms with Crippen molar-refractivity contribution >= 4 is 0 Å². The van der Waals surface area contributed by atoms with E-state index < -0.39 is 0 Å². The number of hydrogen-bond acceptors (Lipinski definition) is 0. The van der Waals surface area contributed by atoms with E-state index in [1.165, 1.54) is 25.2 Å². The van der Waals surface area contributed by atoms with Gasteiger partial charge in [0, 0.05) is 5.92 Å². The summed E-state index contributed by atoms with van der Waals surface area (Å²) in [6.07, 6.45) is 8.78. The van der Waals surface area contributed by atoms with Crippen molar-refractivity contribution < 1.29 is 0 Å². The summed E-state index contributed by atoms with van der Waals surface area (Å²) in [5, 5.41) is 0. The summed E-state index contributed by atoms with van der Waals surface area (Å²) in [4.78, 5) is 0. The lowest BCUT2D eigenvalue weighted by atomic mass is 10.0. The third-order valence-electron chi connectivity index (χ3n) is 1.59. The molecule has 0 unspecified atom stereocenters. The second-order valence-electron chi connectivity index (χ2n) is 2.44. The zero-order valence-electron chi connectivity index (χ0n) is 6.90. The first-order valence-electron chi connectivity index (χ1n) is 3.95. The minimum Gasteiger partial charge on any atom is -0.102 e. The Bertz CT molecular complexity index is 84.2. The molecule has 0 spiro atoms. The minimum absolute atomic E-state index is 1.14. The smallest absolute Gasteiger partial charge is 0.0181 e. The fourth-order valence-electron chi connectivity index (χ4n) is 0.867. The van der Waals surface area contributed by atoms with Gasteiger partial charge in [0.2, 0.25) is 0 Å². The van der Waals surface area contributed by atoms with Gasteiger partial charge in [-0.25, -0.2) is 0 Å². The Balaban J connectivity index is 3.25. The van der Waals surface area contributed by atoms with E-state index in [1.807, 2.05) is 12.2 Å². The van der Waals surface area contributed by atoms with E-state index >= 15 is 0 Å². The van der Waals surface area contributed by atoms with Crippen molar-refractivity contribution in [3.05, 3.63) is 31.2 Å². The van der Waals surface area contributed by atoms with Gasteiger partial charge in [0.1, 0.15) is 0 Å². The molecular formula is C10H17. The predicted molar refractivity (Wildman–Crippen MR) is 47.8 cm³/mol. The van der Waals surface area contributed by atoms with Crippen LogP contribution in [0.3, 0.4) is 0 Å². The van der Waals surface area contributed by atoms with Crippen molar-refractivity contribution in [3.8, 4) is 0 Å². The molecule has 57 valence electrons. The van der Waals surface area contributed by atoms with Crippen molar-refractivity contribution in [1.29, 1.82) is 0 Å². The molecule has 0 heteroatoms. The van der Waals surface area contributed by atoms with E-state index in [9.17, 15) is 0 Å². The highest BCUT2D eigenvalue weighted by Crippen LogP contribution is 2.13. The zero-order chi connectivity index (χ0) is 7.82. The van der Waals surface area contributed by atoms with Crippen LogP contribution in [0.5, 0.6) is 0 Å². The van der Waals surface area contributed by atoms with Crippen molar-refractivity contribution in [1.82, 2.24) is 0 Å². The second-order valence-corrected chi connectivity index (χ2v) is 2.44. The van der Waals surface area contributed by atoms with Crippen LogP contribution >= 0.6 is 0 Å². The zero-order valence-corrected chi connectivity index (χ0v) is 6.90. The highest BCUT2D eigenvalue weighted by molar-refractivity contribution is 5.17. The van der Waals surface area contributed by atoms with Crippen molar-refractivity contribution in [2.24, 2.45) is 0 Å². The molecule has 0 saturated carbocycles. The maximum Gasteiger partial charge on any atom is 0.0181 e. The largest absolute Gasteiger partial charge is 0.102 e. The van der Waals surface area contributed by atoms with Crippen LogP contribution in [0.2, 0.25) is 0 Å². The molecular weight excluding hydrogens is 120 g/mol. The van der Waals surface area contributed by atoms with Gasteiger partial charge < -0.3 is 0 Å². The van der Waals surface area contributed by atoms with E-state index in [-0.39, 0.29) is 0 Å². The Hall–Kier alpha value is -0.520. The van der Waals surface area contributed by atoms with Gasteiger partial charge in [0.15, 0.2) is 0 Å². The Morgan fingerprint density at radius 2 is 1.80 bits per heavy atom. The number of unbranched alkanes of at least 4 members (excludes halogenated alkanes) is 2. The van der Waals surface area contributed by atoms with Gasteiger partial charge in [0.05, 0.1) is 0 Å². The van der Waals surface area contributed by atoms with Crippen LogP contribution in [0.1, 0.15) is 32.6 Å². The quantitative estimate of drug-likeness (QED) is 0.491. The standard InChI is InChI=1S/C10H17/c1-4-7-8-9-10(5-2)6-3/h5-6H,2-4,7-9H2,1H3. The molecule has 0 aliphatic rings. The molecule has 0 amide bonds. The predicted octanol–water partition coefficient (Wildman–Crippen LogP) is 3.51. The maximum atomic E-state index is 3.70. The number of rotatable bonds is 6. The lowest BCUT2D eigenvalue weighted by Crippen LogP contribution is -1.86. The highest BCUT2D eigenvalue weighted by atomic mass is 14.0. The molecule has 1 radical (unpaired) electrons. The molecule has 0 aliphatic heterocycles. The normalized spacial score (nSPS) is 9.80. The number of hydrogen-bond donors (Lipinski definition) is 0. The van der Waals surface area contributed by atoms with E-state index in [0.29, 0.717) is 0 Å². The summed E-state index contributed by atoms with van der Waals surface area (Å²) >= 11 is 0. The molecule has 0 aromatic rings.